The lowest BCUT2D eigenvalue weighted by molar-refractivity contribution is 0.834. The number of hydrogen-bond acceptors (Lipinski definition) is 1. The van der Waals surface area contributed by atoms with Crippen LogP contribution in [0, 0.1) is 0 Å². The maximum absolute atomic E-state index is 5.19. The van der Waals surface area contributed by atoms with Gasteiger partial charge in [0.2, 0.25) is 0 Å². The smallest absolute Gasteiger partial charge is 0.145 e. The van der Waals surface area contributed by atoms with Crippen molar-refractivity contribution in [3.63, 3.8) is 0 Å². The van der Waals surface area contributed by atoms with Gasteiger partial charge in [-0.15, -0.1) is 0 Å². The number of imidazole rings is 1. The van der Waals surface area contributed by atoms with Gasteiger partial charge in [0.05, 0.1) is 11.0 Å². The van der Waals surface area contributed by atoms with Gasteiger partial charge >= 0.3 is 0 Å². The Morgan fingerprint density at radius 3 is 1.70 bits per heavy atom. The molecule has 0 radical (unpaired) electrons. The minimum atomic E-state index is 0.218. The van der Waals surface area contributed by atoms with Crippen molar-refractivity contribution in [3.8, 4) is 50.5 Å². The van der Waals surface area contributed by atoms with Crippen molar-refractivity contribution < 1.29 is 0 Å². The number of fused-ring (bicyclic) bond motifs is 7. The standard InChI is InChI=1S/C67H44N2/c1-2-22-48(23-3-1)69-62-35-15-14-34-61(62)68-67(69)46-38-36-45(37-39-46)63-53-26-8-10-28-55(53)64(56-29-11-9-27-54(56)63)47-40-41-59-60(42-47)66(52-33-17-21-44-19-5-7-25-50(44)52)58-31-13-12-30-57(58)65(59)51-32-16-20-43-18-4-6-24-49(43)51/h1-31,33-42,51H,32H2. The topological polar surface area (TPSA) is 17.8 Å². The molecular weight excluding hydrogens is 833 g/mol. The fourth-order valence-electron chi connectivity index (χ4n) is 11.8. The number of rotatable bonds is 6. The zero-order valence-electron chi connectivity index (χ0n) is 37.9. The molecule has 1 aromatic heterocycles. The van der Waals surface area contributed by atoms with Crippen LogP contribution in [0.1, 0.15) is 29.0 Å². The Labute approximate surface area is 400 Å². The Balaban J connectivity index is 1.01. The molecule has 0 N–H and O–H groups in total. The second-order valence-corrected chi connectivity index (χ2v) is 18.5. The molecule has 1 atom stereocenters. The summed E-state index contributed by atoms with van der Waals surface area (Å²) in [5.74, 6) is 1.15. The first-order valence-electron chi connectivity index (χ1n) is 24.1. The van der Waals surface area contributed by atoms with Crippen LogP contribution in [0.5, 0.6) is 0 Å². The summed E-state index contributed by atoms with van der Waals surface area (Å²) < 4.78 is 2.27. The molecule has 1 unspecified atom stereocenters. The summed E-state index contributed by atoms with van der Waals surface area (Å²) in [5, 5.41) is 12.6. The number of allylic oxidation sites excluding steroid dienone is 1. The maximum Gasteiger partial charge on any atom is 0.145 e. The SMILES string of the molecule is C1=Cc2ccccc2C(c2c3ccccc3c(-c3cccc4ccccc34)c3cc(-c4c5ccccc5c(-c5ccc(-c6nc7ccccc7n6-c6ccccc6)cc5)c5ccccc45)ccc23)C1. The molecule has 12 aromatic carbocycles. The van der Waals surface area contributed by atoms with Gasteiger partial charge in [-0.2, -0.15) is 0 Å². The number of benzene rings is 12. The van der Waals surface area contributed by atoms with E-state index in [1.807, 2.05) is 0 Å². The fourth-order valence-corrected chi connectivity index (χ4v) is 11.8. The van der Waals surface area contributed by atoms with Crippen molar-refractivity contribution in [2.45, 2.75) is 12.3 Å². The molecule has 0 saturated carbocycles. The summed E-state index contributed by atoms with van der Waals surface area (Å²) in [4.78, 5) is 5.19. The third kappa shape index (κ3) is 6.23. The fraction of sp³-hybridized carbons (Fsp3) is 0.0299. The highest BCUT2D eigenvalue weighted by molar-refractivity contribution is 6.24. The first-order valence-corrected chi connectivity index (χ1v) is 24.1. The van der Waals surface area contributed by atoms with Crippen LogP contribution in [-0.2, 0) is 0 Å². The largest absolute Gasteiger partial charge is 0.292 e. The van der Waals surface area contributed by atoms with E-state index in [0.717, 1.165) is 34.5 Å². The molecule has 0 fully saturated rings. The molecule has 0 spiro atoms. The molecule has 2 heteroatoms. The Kier molecular flexibility index (Phi) is 9.06. The van der Waals surface area contributed by atoms with Gasteiger partial charge in [0, 0.05) is 17.2 Å². The van der Waals surface area contributed by atoms with Crippen molar-refractivity contribution >= 4 is 71.0 Å². The highest BCUT2D eigenvalue weighted by atomic mass is 15.1. The molecule has 13 aromatic rings. The van der Waals surface area contributed by atoms with Gasteiger partial charge in [0.25, 0.3) is 0 Å². The predicted octanol–water partition coefficient (Wildman–Crippen LogP) is 18.0. The normalized spacial score (nSPS) is 13.5. The predicted molar refractivity (Wildman–Crippen MR) is 292 cm³/mol. The highest BCUT2D eigenvalue weighted by Gasteiger charge is 2.27. The Morgan fingerprint density at radius 2 is 0.942 bits per heavy atom. The lowest BCUT2D eigenvalue weighted by Gasteiger charge is -2.27. The summed E-state index contributed by atoms with van der Waals surface area (Å²) in [6.45, 7) is 0. The summed E-state index contributed by atoms with van der Waals surface area (Å²) in [6.07, 6.45) is 5.63. The summed E-state index contributed by atoms with van der Waals surface area (Å²) in [6, 6.07) is 87.2. The Hall–Kier alpha value is -8.85. The molecule has 14 rings (SSSR count). The average molecular weight is 877 g/mol. The molecule has 0 amide bonds. The molecule has 0 aliphatic heterocycles. The van der Waals surface area contributed by atoms with Crippen LogP contribution in [-0.4, -0.2) is 9.55 Å². The third-order valence-corrected chi connectivity index (χ3v) is 14.7. The minimum absolute atomic E-state index is 0.218. The first-order chi connectivity index (χ1) is 34.3. The molecule has 2 nitrogen and oxygen atoms in total. The minimum Gasteiger partial charge on any atom is -0.292 e. The number of nitrogens with zero attached hydrogens (tertiary/aromatic N) is 2. The number of para-hydroxylation sites is 3. The van der Waals surface area contributed by atoms with Crippen molar-refractivity contribution in [3.05, 3.63) is 259 Å². The van der Waals surface area contributed by atoms with Crippen LogP contribution in [0.25, 0.3) is 121 Å². The third-order valence-electron chi connectivity index (χ3n) is 14.7. The van der Waals surface area contributed by atoms with E-state index in [4.69, 9.17) is 4.98 Å². The van der Waals surface area contributed by atoms with Gasteiger partial charge in [-0.25, -0.2) is 4.98 Å². The van der Waals surface area contributed by atoms with E-state index in [-0.39, 0.29) is 5.92 Å². The van der Waals surface area contributed by atoms with Crippen LogP contribution in [0.3, 0.4) is 0 Å². The molecule has 69 heavy (non-hydrogen) atoms. The van der Waals surface area contributed by atoms with E-state index < -0.39 is 0 Å². The molecule has 1 aliphatic carbocycles. The zero-order valence-corrected chi connectivity index (χ0v) is 37.9. The molecule has 1 heterocycles. The molecule has 322 valence electrons. The molecule has 0 bridgehead atoms. The monoisotopic (exact) mass is 876 g/mol. The molecule has 1 aliphatic rings. The Morgan fingerprint density at radius 1 is 0.391 bits per heavy atom. The lowest BCUT2D eigenvalue weighted by atomic mass is 9.76. The van der Waals surface area contributed by atoms with Gasteiger partial charge in [-0.05, 0) is 141 Å². The van der Waals surface area contributed by atoms with E-state index in [1.165, 1.54) is 104 Å². The van der Waals surface area contributed by atoms with Crippen molar-refractivity contribution in [2.75, 3.05) is 0 Å². The van der Waals surface area contributed by atoms with Crippen molar-refractivity contribution in [2.24, 2.45) is 0 Å². The van der Waals surface area contributed by atoms with Gasteiger partial charge in [0.15, 0.2) is 0 Å². The van der Waals surface area contributed by atoms with Crippen LogP contribution in [0.15, 0.2) is 243 Å². The lowest BCUT2D eigenvalue weighted by Crippen LogP contribution is -2.07. The average Bonchev–Trinajstić information content (AvgIpc) is 3.81. The van der Waals surface area contributed by atoms with Crippen LogP contribution in [0.4, 0.5) is 0 Å². The van der Waals surface area contributed by atoms with E-state index in [2.05, 4.69) is 253 Å². The van der Waals surface area contributed by atoms with Crippen molar-refractivity contribution in [1.29, 1.82) is 0 Å². The molecule has 0 saturated heterocycles. The quantitative estimate of drug-likeness (QED) is 0.152. The first kappa shape index (κ1) is 39.3. The van der Waals surface area contributed by atoms with Crippen LogP contribution >= 0.6 is 0 Å². The van der Waals surface area contributed by atoms with E-state index in [1.54, 1.807) is 0 Å². The number of aromatic nitrogens is 2. The van der Waals surface area contributed by atoms with Gasteiger partial charge in [-0.3, -0.25) is 4.57 Å². The van der Waals surface area contributed by atoms with Crippen LogP contribution in [0.2, 0.25) is 0 Å². The van der Waals surface area contributed by atoms with E-state index >= 15 is 0 Å². The van der Waals surface area contributed by atoms with Gasteiger partial charge in [0.1, 0.15) is 5.82 Å². The molecular formula is C67H44N2. The van der Waals surface area contributed by atoms with E-state index in [9.17, 15) is 0 Å². The van der Waals surface area contributed by atoms with Crippen LogP contribution < -0.4 is 0 Å². The number of hydrogen-bond donors (Lipinski definition) is 0. The Bertz CT molecular complexity index is 4150. The second-order valence-electron chi connectivity index (χ2n) is 18.5. The van der Waals surface area contributed by atoms with Gasteiger partial charge in [-0.1, -0.05) is 218 Å². The second kappa shape index (κ2) is 15.9. The summed E-state index contributed by atoms with van der Waals surface area (Å²) >= 11 is 0. The van der Waals surface area contributed by atoms with Crippen molar-refractivity contribution in [1.82, 2.24) is 9.55 Å². The highest BCUT2D eigenvalue weighted by Crippen LogP contribution is 2.50. The summed E-state index contributed by atoms with van der Waals surface area (Å²) in [5.41, 5.74) is 15.8. The maximum atomic E-state index is 5.19. The van der Waals surface area contributed by atoms with E-state index in [0.29, 0.717) is 0 Å². The summed E-state index contributed by atoms with van der Waals surface area (Å²) in [7, 11) is 0. The zero-order chi connectivity index (χ0) is 45.4. The van der Waals surface area contributed by atoms with Gasteiger partial charge < -0.3 is 0 Å².